The average Bonchev–Trinajstić information content (AvgIpc) is 2.24. The Kier molecular flexibility index (Phi) is 5.68. The average molecular weight is 307 g/mol. The van der Waals surface area contributed by atoms with Crippen molar-refractivity contribution in [3.63, 3.8) is 0 Å². The normalized spacial score (nSPS) is 15.5. The minimum absolute atomic E-state index is 0.227. The standard InChI is InChI=1S/C13H20Cl2O2Si/c1-5-12(17-18(2,3)4)13(16)10-7-6-9(14)8-11(10)15/h6-8,12-13,16H,5H2,1-4H3/t12-,13-/m0/s1. The summed E-state index contributed by atoms with van der Waals surface area (Å²) in [5.41, 5.74) is 0.672. The van der Waals surface area contributed by atoms with E-state index in [1.807, 2.05) is 6.92 Å². The molecule has 2 nitrogen and oxygen atoms in total. The van der Waals surface area contributed by atoms with E-state index in [9.17, 15) is 5.11 Å². The first-order chi connectivity index (χ1) is 8.24. The molecule has 0 aliphatic carbocycles. The Labute approximate surface area is 120 Å². The summed E-state index contributed by atoms with van der Waals surface area (Å²) in [6.07, 6.45) is -0.202. The molecule has 0 spiro atoms. The molecule has 18 heavy (non-hydrogen) atoms. The van der Waals surface area contributed by atoms with Crippen molar-refractivity contribution in [1.82, 2.24) is 0 Å². The monoisotopic (exact) mass is 306 g/mol. The highest BCUT2D eigenvalue weighted by Crippen LogP contribution is 2.31. The Morgan fingerprint density at radius 2 is 1.89 bits per heavy atom. The van der Waals surface area contributed by atoms with Crippen LogP contribution < -0.4 is 0 Å². The molecule has 5 heteroatoms. The van der Waals surface area contributed by atoms with Gasteiger partial charge in [-0.2, -0.15) is 0 Å². The first-order valence-electron chi connectivity index (χ1n) is 6.05. The van der Waals surface area contributed by atoms with Gasteiger partial charge < -0.3 is 9.53 Å². The molecule has 2 atom stereocenters. The summed E-state index contributed by atoms with van der Waals surface area (Å²) in [4.78, 5) is 0. The van der Waals surface area contributed by atoms with Crippen LogP contribution in [-0.4, -0.2) is 19.5 Å². The topological polar surface area (TPSA) is 29.5 Å². The van der Waals surface area contributed by atoms with Crippen LogP contribution in [0.3, 0.4) is 0 Å². The lowest BCUT2D eigenvalue weighted by atomic mass is 10.0. The van der Waals surface area contributed by atoms with Gasteiger partial charge in [0.15, 0.2) is 8.32 Å². The minimum atomic E-state index is -1.69. The number of rotatable bonds is 5. The molecule has 0 amide bonds. The van der Waals surface area contributed by atoms with Gasteiger partial charge in [0.25, 0.3) is 0 Å². The third-order valence-electron chi connectivity index (χ3n) is 2.54. The van der Waals surface area contributed by atoms with E-state index in [0.29, 0.717) is 15.6 Å². The van der Waals surface area contributed by atoms with Gasteiger partial charge in [0.1, 0.15) is 6.10 Å². The molecule has 0 fully saturated rings. The van der Waals surface area contributed by atoms with Crippen LogP contribution in [0.1, 0.15) is 25.0 Å². The fourth-order valence-electron chi connectivity index (χ4n) is 1.77. The lowest BCUT2D eigenvalue weighted by molar-refractivity contribution is 0.0284. The molecular formula is C13H20Cl2O2Si. The highest BCUT2D eigenvalue weighted by atomic mass is 35.5. The number of aliphatic hydroxyl groups excluding tert-OH is 1. The molecular weight excluding hydrogens is 287 g/mol. The zero-order valence-corrected chi connectivity index (χ0v) is 13.7. The zero-order valence-electron chi connectivity index (χ0n) is 11.2. The highest BCUT2D eigenvalue weighted by molar-refractivity contribution is 6.69. The smallest absolute Gasteiger partial charge is 0.184 e. The number of benzene rings is 1. The Balaban J connectivity index is 2.93. The molecule has 1 N–H and O–H groups in total. The highest BCUT2D eigenvalue weighted by Gasteiger charge is 2.27. The summed E-state index contributed by atoms with van der Waals surface area (Å²) in [5.74, 6) is 0. The second kappa shape index (κ2) is 6.39. The SMILES string of the molecule is CC[C@H](O[Si](C)(C)C)[C@@H](O)c1ccc(Cl)cc1Cl. The van der Waals surface area contributed by atoms with Gasteiger partial charge in [0, 0.05) is 15.6 Å². The molecule has 102 valence electrons. The molecule has 0 saturated heterocycles. The van der Waals surface area contributed by atoms with Crippen LogP contribution >= 0.6 is 23.2 Å². The predicted octanol–water partition coefficient (Wildman–Crippen LogP) is 4.66. The van der Waals surface area contributed by atoms with E-state index in [2.05, 4.69) is 19.6 Å². The van der Waals surface area contributed by atoms with Crippen molar-refractivity contribution in [3.05, 3.63) is 33.8 Å². The molecule has 1 rings (SSSR count). The van der Waals surface area contributed by atoms with Crippen LogP contribution in [0.5, 0.6) is 0 Å². The Bertz CT molecular complexity index is 404. The van der Waals surface area contributed by atoms with Crippen molar-refractivity contribution >= 4 is 31.5 Å². The van der Waals surface area contributed by atoms with Gasteiger partial charge in [-0.3, -0.25) is 0 Å². The van der Waals surface area contributed by atoms with E-state index in [1.54, 1.807) is 18.2 Å². The summed E-state index contributed by atoms with van der Waals surface area (Å²) in [7, 11) is -1.69. The fraction of sp³-hybridized carbons (Fsp3) is 0.538. The third kappa shape index (κ3) is 4.56. The van der Waals surface area contributed by atoms with Crippen LogP contribution in [0.15, 0.2) is 18.2 Å². The van der Waals surface area contributed by atoms with Crippen LogP contribution in [0.4, 0.5) is 0 Å². The number of hydrogen-bond donors (Lipinski definition) is 1. The zero-order chi connectivity index (χ0) is 13.9. The van der Waals surface area contributed by atoms with E-state index < -0.39 is 14.4 Å². The van der Waals surface area contributed by atoms with Gasteiger partial charge in [-0.25, -0.2) is 0 Å². The van der Waals surface area contributed by atoms with Crippen molar-refractivity contribution in [1.29, 1.82) is 0 Å². The van der Waals surface area contributed by atoms with Crippen LogP contribution in [-0.2, 0) is 4.43 Å². The Morgan fingerprint density at radius 1 is 1.28 bits per heavy atom. The van der Waals surface area contributed by atoms with E-state index in [-0.39, 0.29) is 6.10 Å². The van der Waals surface area contributed by atoms with Gasteiger partial charge >= 0.3 is 0 Å². The summed E-state index contributed by atoms with van der Waals surface area (Å²) in [6, 6.07) is 5.13. The van der Waals surface area contributed by atoms with Crippen LogP contribution in [0, 0.1) is 0 Å². The van der Waals surface area contributed by atoms with E-state index >= 15 is 0 Å². The summed E-state index contributed by atoms with van der Waals surface area (Å²) < 4.78 is 5.99. The fourth-order valence-corrected chi connectivity index (χ4v) is 3.49. The van der Waals surface area contributed by atoms with Gasteiger partial charge in [-0.1, -0.05) is 36.2 Å². The van der Waals surface area contributed by atoms with Crippen molar-refractivity contribution < 1.29 is 9.53 Å². The van der Waals surface area contributed by atoms with Crippen molar-refractivity contribution in [2.24, 2.45) is 0 Å². The first kappa shape index (κ1) is 16.0. The van der Waals surface area contributed by atoms with Crippen molar-refractivity contribution in [3.8, 4) is 0 Å². The van der Waals surface area contributed by atoms with Gasteiger partial charge in [-0.15, -0.1) is 0 Å². The molecule has 1 aromatic rings. The summed E-state index contributed by atoms with van der Waals surface area (Å²) >= 11 is 12.0. The molecule has 0 heterocycles. The van der Waals surface area contributed by atoms with E-state index in [4.69, 9.17) is 27.6 Å². The lowest BCUT2D eigenvalue weighted by Gasteiger charge is -2.29. The molecule has 0 radical (unpaired) electrons. The molecule has 0 unspecified atom stereocenters. The Morgan fingerprint density at radius 3 is 2.33 bits per heavy atom. The van der Waals surface area contributed by atoms with Gasteiger partial charge in [-0.05, 0) is 38.2 Å². The summed E-state index contributed by atoms with van der Waals surface area (Å²) in [6.45, 7) is 8.31. The summed E-state index contributed by atoms with van der Waals surface area (Å²) in [5, 5.41) is 11.4. The first-order valence-corrected chi connectivity index (χ1v) is 10.2. The number of hydrogen-bond acceptors (Lipinski definition) is 2. The van der Waals surface area contributed by atoms with Crippen molar-refractivity contribution in [2.45, 2.75) is 45.2 Å². The molecule has 0 aliphatic heterocycles. The maximum atomic E-state index is 10.4. The Hall–Kier alpha value is -0.0631. The quantitative estimate of drug-likeness (QED) is 0.802. The van der Waals surface area contributed by atoms with Crippen molar-refractivity contribution in [2.75, 3.05) is 0 Å². The lowest BCUT2D eigenvalue weighted by Crippen LogP contribution is -2.35. The third-order valence-corrected chi connectivity index (χ3v) is 4.11. The second-order valence-corrected chi connectivity index (χ2v) is 10.6. The molecule has 1 aromatic carbocycles. The van der Waals surface area contributed by atoms with Crippen LogP contribution in [0.2, 0.25) is 29.7 Å². The largest absolute Gasteiger partial charge is 0.412 e. The number of aliphatic hydroxyl groups is 1. The maximum absolute atomic E-state index is 10.4. The molecule has 0 aliphatic rings. The predicted molar refractivity (Wildman–Crippen MR) is 79.9 cm³/mol. The van der Waals surface area contributed by atoms with E-state index in [1.165, 1.54) is 0 Å². The molecule has 0 saturated carbocycles. The second-order valence-electron chi connectivity index (χ2n) is 5.29. The van der Waals surface area contributed by atoms with Gasteiger partial charge in [0.05, 0.1) is 6.10 Å². The minimum Gasteiger partial charge on any atom is -0.412 e. The van der Waals surface area contributed by atoms with E-state index in [0.717, 1.165) is 6.42 Å². The molecule has 0 aromatic heterocycles. The van der Waals surface area contributed by atoms with Gasteiger partial charge in [0.2, 0.25) is 0 Å². The van der Waals surface area contributed by atoms with Crippen LogP contribution in [0.25, 0.3) is 0 Å². The maximum Gasteiger partial charge on any atom is 0.184 e. The number of halogens is 2. The molecule has 0 bridgehead atoms.